The lowest BCUT2D eigenvalue weighted by Crippen LogP contribution is -2.18. The molecule has 0 atom stereocenters. The Kier molecular flexibility index (Phi) is 5.41. The highest BCUT2D eigenvalue weighted by Crippen LogP contribution is 2.34. The van der Waals surface area contributed by atoms with Crippen LogP contribution in [0.4, 0.5) is 11.4 Å². The lowest BCUT2D eigenvalue weighted by Gasteiger charge is -2.04. The van der Waals surface area contributed by atoms with Gasteiger partial charge in [0, 0.05) is 40.7 Å². The van der Waals surface area contributed by atoms with E-state index in [0.29, 0.717) is 27.6 Å². The average molecular weight is 429 g/mol. The Hall–Kier alpha value is -4.86. The first-order valence-corrected chi connectivity index (χ1v) is 9.37. The van der Waals surface area contributed by atoms with E-state index < -0.39 is 15.8 Å². The molecule has 0 fully saturated rings. The van der Waals surface area contributed by atoms with Crippen molar-refractivity contribution in [2.45, 2.75) is 0 Å². The molecule has 0 spiro atoms. The SMILES string of the molecule is O=C(N/N=C\c1ccc([N+](=O)[O-])cc1)c1[nH]c2ccc([N+](=O)[O-])cc2c1-c1ccccc1. The molecule has 0 radical (unpaired) electrons. The van der Waals surface area contributed by atoms with Crippen molar-refractivity contribution in [1.82, 2.24) is 10.4 Å². The summed E-state index contributed by atoms with van der Waals surface area (Å²) in [4.78, 5) is 36.9. The Morgan fingerprint density at radius 2 is 1.56 bits per heavy atom. The van der Waals surface area contributed by atoms with E-state index >= 15 is 0 Å². The average Bonchev–Trinajstić information content (AvgIpc) is 3.19. The van der Waals surface area contributed by atoms with Gasteiger partial charge in [-0.3, -0.25) is 25.0 Å². The van der Waals surface area contributed by atoms with Crippen molar-refractivity contribution in [3.05, 3.63) is 104 Å². The molecule has 2 N–H and O–H groups in total. The van der Waals surface area contributed by atoms with Crippen molar-refractivity contribution in [2.24, 2.45) is 5.10 Å². The van der Waals surface area contributed by atoms with Gasteiger partial charge in [0.2, 0.25) is 0 Å². The number of rotatable bonds is 6. The van der Waals surface area contributed by atoms with Crippen LogP contribution in [0.3, 0.4) is 0 Å². The van der Waals surface area contributed by atoms with Gasteiger partial charge in [0.15, 0.2) is 0 Å². The van der Waals surface area contributed by atoms with Crippen LogP contribution in [-0.4, -0.2) is 27.0 Å². The van der Waals surface area contributed by atoms with E-state index in [9.17, 15) is 25.0 Å². The molecule has 0 aliphatic carbocycles. The number of hydrogen-bond donors (Lipinski definition) is 2. The fraction of sp³-hybridized carbons (Fsp3) is 0. The van der Waals surface area contributed by atoms with Gasteiger partial charge in [-0.05, 0) is 29.3 Å². The van der Waals surface area contributed by atoms with Crippen molar-refractivity contribution < 1.29 is 14.6 Å². The van der Waals surface area contributed by atoms with Crippen LogP contribution in [0.25, 0.3) is 22.0 Å². The van der Waals surface area contributed by atoms with E-state index in [4.69, 9.17) is 0 Å². The quantitative estimate of drug-likeness (QED) is 0.265. The maximum Gasteiger partial charge on any atom is 0.288 e. The van der Waals surface area contributed by atoms with Crippen LogP contribution in [-0.2, 0) is 0 Å². The zero-order valence-electron chi connectivity index (χ0n) is 16.4. The molecule has 32 heavy (non-hydrogen) atoms. The molecule has 3 aromatic carbocycles. The number of non-ortho nitro benzene ring substituents is 2. The second-order valence-electron chi connectivity index (χ2n) is 6.78. The summed E-state index contributed by atoms with van der Waals surface area (Å²) in [6.07, 6.45) is 1.36. The fourth-order valence-corrected chi connectivity index (χ4v) is 3.27. The summed E-state index contributed by atoms with van der Waals surface area (Å²) in [6, 6.07) is 19.1. The summed E-state index contributed by atoms with van der Waals surface area (Å²) in [5.74, 6) is -0.541. The first kappa shape index (κ1) is 20.4. The molecule has 1 amide bonds. The summed E-state index contributed by atoms with van der Waals surface area (Å²) in [7, 11) is 0. The van der Waals surface area contributed by atoms with Crippen molar-refractivity contribution in [3.8, 4) is 11.1 Å². The molecule has 0 saturated heterocycles. The van der Waals surface area contributed by atoms with E-state index in [1.807, 2.05) is 6.07 Å². The number of hydrogen-bond acceptors (Lipinski definition) is 6. The highest BCUT2D eigenvalue weighted by Gasteiger charge is 2.21. The summed E-state index contributed by atoms with van der Waals surface area (Å²) >= 11 is 0. The third-order valence-corrected chi connectivity index (χ3v) is 4.77. The monoisotopic (exact) mass is 429 g/mol. The number of benzene rings is 3. The molecule has 1 heterocycles. The van der Waals surface area contributed by atoms with E-state index in [2.05, 4.69) is 15.5 Å². The number of nitrogens with zero attached hydrogens (tertiary/aromatic N) is 3. The summed E-state index contributed by atoms with van der Waals surface area (Å²) in [6.45, 7) is 0. The predicted molar refractivity (Wildman–Crippen MR) is 119 cm³/mol. The van der Waals surface area contributed by atoms with Gasteiger partial charge in [-0.25, -0.2) is 5.43 Å². The normalized spacial score (nSPS) is 11.0. The minimum absolute atomic E-state index is 0.0501. The van der Waals surface area contributed by atoms with E-state index in [-0.39, 0.29) is 17.1 Å². The topological polar surface area (TPSA) is 144 Å². The number of nitrogens with one attached hydrogen (secondary N) is 2. The zero-order valence-corrected chi connectivity index (χ0v) is 16.4. The van der Waals surface area contributed by atoms with Gasteiger partial charge in [-0.2, -0.15) is 5.10 Å². The maximum absolute atomic E-state index is 12.9. The summed E-state index contributed by atoms with van der Waals surface area (Å²) in [5, 5.41) is 26.4. The number of aromatic amines is 1. The number of nitro benzene ring substituents is 2. The molecular weight excluding hydrogens is 414 g/mol. The largest absolute Gasteiger partial charge is 0.350 e. The summed E-state index contributed by atoms with van der Waals surface area (Å²) < 4.78 is 0. The number of H-pyrrole nitrogens is 1. The van der Waals surface area contributed by atoms with Crippen molar-refractivity contribution in [1.29, 1.82) is 0 Å². The second kappa shape index (κ2) is 8.48. The second-order valence-corrected chi connectivity index (χ2v) is 6.78. The van der Waals surface area contributed by atoms with Crippen LogP contribution in [0.1, 0.15) is 16.1 Å². The lowest BCUT2D eigenvalue weighted by atomic mass is 10.0. The van der Waals surface area contributed by atoms with Crippen molar-refractivity contribution in [3.63, 3.8) is 0 Å². The first-order chi connectivity index (χ1) is 15.4. The molecule has 0 saturated carbocycles. The van der Waals surface area contributed by atoms with Crippen LogP contribution >= 0.6 is 0 Å². The Bertz CT molecular complexity index is 1360. The maximum atomic E-state index is 12.9. The number of nitro groups is 2. The number of fused-ring (bicyclic) bond motifs is 1. The van der Waals surface area contributed by atoms with Crippen molar-refractivity contribution in [2.75, 3.05) is 0 Å². The fourth-order valence-electron chi connectivity index (χ4n) is 3.27. The summed E-state index contributed by atoms with van der Waals surface area (Å²) in [5.41, 5.74) is 4.85. The predicted octanol–water partition coefficient (Wildman–Crippen LogP) is 4.42. The van der Waals surface area contributed by atoms with Gasteiger partial charge in [0.05, 0.1) is 16.1 Å². The molecule has 0 aliphatic rings. The van der Waals surface area contributed by atoms with Crippen LogP contribution in [0, 0.1) is 20.2 Å². The van der Waals surface area contributed by atoms with Crippen LogP contribution in [0.2, 0.25) is 0 Å². The number of carbonyl (C=O) groups is 1. The smallest absolute Gasteiger partial charge is 0.288 e. The molecule has 4 aromatic rings. The molecule has 158 valence electrons. The minimum atomic E-state index is -0.541. The third kappa shape index (κ3) is 4.05. The van der Waals surface area contributed by atoms with Crippen molar-refractivity contribution >= 4 is 34.4 Å². The first-order valence-electron chi connectivity index (χ1n) is 9.37. The van der Waals surface area contributed by atoms with Gasteiger partial charge in [0.25, 0.3) is 17.3 Å². The minimum Gasteiger partial charge on any atom is -0.350 e. The Labute approximate surface area is 180 Å². The molecule has 10 heteroatoms. The highest BCUT2D eigenvalue weighted by molar-refractivity contribution is 6.10. The van der Waals surface area contributed by atoms with Crippen LogP contribution in [0.15, 0.2) is 77.9 Å². The van der Waals surface area contributed by atoms with E-state index in [1.165, 1.54) is 42.6 Å². The lowest BCUT2D eigenvalue weighted by molar-refractivity contribution is -0.385. The Morgan fingerprint density at radius 1 is 0.906 bits per heavy atom. The number of aromatic nitrogens is 1. The molecule has 0 aliphatic heterocycles. The number of amides is 1. The third-order valence-electron chi connectivity index (χ3n) is 4.77. The number of carbonyl (C=O) groups excluding carboxylic acids is 1. The molecule has 0 bridgehead atoms. The van der Waals surface area contributed by atoms with Gasteiger partial charge in [-0.1, -0.05) is 30.3 Å². The molecule has 10 nitrogen and oxygen atoms in total. The Morgan fingerprint density at radius 3 is 2.22 bits per heavy atom. The standard InChI is InChI=1S/C22H15N5O5/c28-22(25-23-13-14-6-8-16(9-7-14)26(29)30)21-20(15-4-2-1-3-5-15)18-12-17(27(31)32)10-11-19(18)24-21/h1-13,24H,(H,25,28)/b23-13-. The van der Waals surface area contributed by atoms with E-state index in [0.717, 1.165) is 0 Å². The molecule has 4 rings (SSSR count). The molecule has 1 aromatic heterocycles. The van der Waals surface area contributed by atoms with Gasteiger partial charge < -0.3 is 4.98 Å². The van der Waals surface area contributed by atoms with E-state index in [1.54, 1.807) is 30.3 Å². The van der Waals surface area contributed by atoms with Gasteiger partial charge in [-0.15, -0.1) is 0 Å². The van der Waals surface area contributed by atoms with Gasteiger partial charge in [0.1, 0.15) is 5.69 Å². The molecular formula is C22H15N5O5. The zero-order chi connectivity index (χ0) is 22.7. The highest BCUT2D eigenvalue weighted by atomic mass is 16.6. The molecule has 0 unspecified atom stereocenters. The van der Waals surface area contributed by atoms with Crippen LogP contribution < -0.4 is 5.43 Å². The van der Waals surface area contributed by atoms with Gasteiger partial charge >= 0.3 is 0 Å². The van der Waals surface area contributed by atoms with Crippen LogP contribution in [0.5, 0.6) is 0 Å². The Balaban J connectivity index is 1.67. The number of hydrazone groups is 1.